The van der Waals surface area contributed by atoms with Gasteiger partial charge in [0.15, 0.2) is 0 Å². The molecule has 2 atom stereocenters. The second kappa shape index (κ2) is 3.55. The molecule has 1 saturated heterocycles. The molecule has 66 valence electrons. The first-order valence-corrected chi connectivity index (χ1v) is 4.43. The third kappa shape index (κ3) is 2.17. The molecule has 0 aromatic heterocycles. The molecule has 11 heavy (non-hydrogen) atoms. The van der Waals surface area contributed by atoms with Crippen molar-refractivity contribution in [3.05, 3.63) is 0 Å². The van der Waals surface area contributed by atoms with E-state index in [1.807, 2.05) is 0 Å². The standard InChI is InChI=1S/C9H19NO/c1-7(2)9-10(4)5-8(3)6-11-9/h7-9H,5-6H2,1-4H3. The summed E-state index contributed by atoms with van der Waals surface area (Å²) in [6.07, 6.45) is 0.339. The lowest BCUT2D eigenvalue weighted by Gasteiger charge is -2.38. The Hall–Kier alpha value is -0.0800. The summed E-state index contributed by atoms with van der Waals surface area (Å²) in [6, 6.07) is 0. The SMILES string of the molecule is CC1COC(C(C)C)N(C)C1. The van der Waals surface area contributed by atoms with Gasteiger partial charge < -0.3 is 4.74 Å². The van der Waals surface area contributed by atoms with Crippen LogP contribution in [0.15, 0.2) is 0 Å². The molecule has 0 aromatic carbocycles. The highest BCUT2D eigenvalue weighted by Crippen LogP contribution is 2.18. The maximum atomic E-state index is 5.69. The molecule has 2 unspecified atom stereocenters. The van der Waals surface area contributed by atoms with Gasteiger partial charge in [-0.3, -0.25) is 4.90 Å². The van der Waals surface area contributed by atoms with Crippen molar-refractivity contribution in [2.75, 3.05) is 20.2 Å². The zero-order valence-electron chi connectivity index (χ0n) is 8.00. The van der Waals surface area contributed by atoms with Gasteiger partial charge in [-0.2, -0.15) is 0 Å². The van der Waals surface area contributed by atoms with Gasteiger partial charge >= 0.3 is 0 Å². The minimum atomic E-state index is 0.339. The van der Waals surface area contributed by atoms with E-state index in [1.54, 1.807) is 0 Å². The van der Waals surface area contributed by atoms with E-state index in [1.165, 1.54) is 6.54 Å². The van der Waals surface area contributed by atoms with Crippen molar-refractivity contribution in [2.45, 2.75) is 27.0 Å². The van der Waals surface area contributed by atoms with Crippen molar-refractivity contribution in [3.8, 4) is 0 Å². The summed E-state index contributed by atoms with van der Waals surface area (Å²) in [6.45, 7) is 8.73. The molecule has 0 amide bonds. The fraction of sp³-hybridized carbons (Fsp3) is 1.00. The molecule has 0 N–H and O–H groups in total. The van der Waals surface area contributed by atoms with Crippen LogP contribution in [0.1, 0.15) is 20.8 Å². The molecule has 0 saturated carbocycles. The molecule has 2 nitrogen and oxygen atoms in total. The van der Waals surface area contributed by atoms with Gasteiger partial charge in [-0.05, 0) is 18.9 Å². The van der Waals surface area contributed by atoms with E-state index in [9.17, 15) is 0 Å². The second-order valence-corrected chi connectivity index (χ2v) is 4.01. The Balaban J connectivity index is 2.44. The van der Waals surface area contributed by atoms with Crippen molar-refractivity contribution >= 4 is 0 Å². The van der Waals surface area contributed by atoms with Crippen LogP contribution < -0.4 is 0 Å². The summed E-state index contributed by atoms with van der Waals surface area (Å²) in [5.74, 6) is 1.29. The van der Waals surface area contributed by atoms with Gasteiger partial charge in [-0.15, -0.1) is 0 Å². The molecule has 2 heteroatoms. The second-order valence-electron chi connectivity index (χ2n) is 4.01. The largest absolute Gasteiger partial charge is 0.363 e. The van der Waals surface area contributed by atoms with Gasteiger partial charge in [-0.1, -0.05) is 20.8 Å². The van der Waals surface area contributed by atoms with Gasteiger partial charge in [0, 0.05) is 6.54 Å². The molecule has 0 aliphatic carbocycles. The van der Waals surface area contributed by atoms with Crippen LogP contribution >= 0.6 is 0 Å². The monoisotopic (exact) mass is 157 g/mol. The van der Waals surface area contributed by atoms with E-state index in [0.717, 1.165) is 6.61 Å². The zero-order valence-corrected chi connectivity index (χ0v) is 8.00. The van der Waals surface area contributed by atoms with Crippen molar-refractivity contribution in [1.82, 2.24) is 4.90 Å². The molecule has 1 heterocycles. The van der Waals surface area contributed by atoms with Gasteiger partial charge in [0.05, 0.1) is 6.61 Å². The van der Waals surface area contributed by atoms with Crippen molar-refractivity contribution in [1.29, 1.82) is 0 Å². The van der Waals surface area contributed by atoms with E-state index in [2.05, 4.69) is 32.7 Å². The van der Waals surface area contributed by atoms with E-state index in [0.29, 0.717) is 18.1 Å². The van der Waals surface area contributed by atoms with Crippen molar-refractivity contribution in [2.24, 2.45) is 11.8 Å². The number of hydrogen-bond donors (Lipinski definition) is 0. The highest BCUT2D eigenvalue weighted by Gasteiger charge is 2.25. The minimum Gasteiger partial charge on any atom is -0.363 e. The van der Waals surface area contributed by atoms with Crippen LogP contribution in [0.4, 0.5) is 0 Å². The van der Waals surface area contributed by atoms with Crippen LogP contribution in [-0.2, 0) is 4.74 Å². The summed E-state index contributed by atoms with van der Waals surface area (Å²) in [5.41, 5.74) is 0. The minimum absolute atomic E-state index is 0.339. The predicted molar refractivity (Wildman–Crippen MR) is 46.4 cm³/mol. The summed E-state index contributed by atoms with van der Waals surface area (Å²) in [7, 11) is 2.14. The fourth-order valence-corrected chi connectivity index (χ4v) is 1.74. The van der Waals surface area contributed by atoms with Gasteiger partial charge in [0.25, 0.3) is 0 Å². The van der Waals surface area contributed by atoms with Gasteiger partial charge in [0.1, 0.15) is 6.23 Å². The number of nitrogens with zero attached hydrogens (tertiary/aromatic N) is 1. The number of ether oxygens (including phenoxy) is 1. The Morgan fingerprint density at radius 3 is 2.55 bits per heavy atom. The van der Waals surface area contributed by atoms with E-state index in [4.69, 9.17) is 4.74 Å². The quantitative estimate of drug-likeness (QED) is 0.573. The lowest BCUT2D eigenvalue weighted by atomic mass is 10.1. The fourth-order valence-electron chi connectivity index (χ4n) is 1.74. The third-order valence-electron chi connectivity index (χ3n) is 2.16. The summed E-state index contributed by atoms with van der Waals surface area (Å²) in [5, 5.41) is 0. The van der Waals surface area contributed by atoms with Crippen LogP contribution in [0.3, 0.4) is 0 Å². The summed E-state index contributed by atoms with van der Waals surface area (Å²) in [4.78, 5) is 2.30. The molecule has 0 bridgehead atoms. The molecular weight excluding hydrogens is 138 g/mol. The van der Waals surface area contributed by atoms with Crippen molar-refractivity contribution in [3.63, 3.8) is 0 Å². The average Bonchev–Trinajstić information content (AvgIpc) is 1.85. The van der Waals surface area contributed by atoms with E-state index in [-0.39, 0.29) is 0 Å². The molecule has 1 aliphatic rings. The van der Waals surface area contributed by atoms with E-state index >= 15 is 0 Å². The van der Waals surface area contributed by atoms with Crippen molar-refractivity contribution < 1.29 is 4.74 Å². The first-order valence-electron chi connectivity index (χ1n) is 4.43. The Morgan fingerprint density at radius 2 is 2.09 bits per heavy atom. The Labute approximate surface area is 69.5 Å². The van der Waals surface area contributed by atoms with Gasteiger partial charge in [0.2, 0.25) is 0 Å². The average molecular weight is 157 g/mol. The molecule has 1 fully saturated rings. The van der Waals surface area contributed by atoms with Crippen LogP contribution in [0, 0.1) is 11.8 Å². The summed E-state index contributed by atoms with van der Waals surface area (Å²) < 4.78 is 5.69. The van der Waals surface area contributed by atoms with Gasteiger partial charge in [-0.25, -0.2) is 0 Å². The maximum absolute atomic E-state index is 5.69. The first-order chi connectivity index (χ1) is 5.11. The molecule has 0 spiro atoms. The van der Waals surface area contributed by atoms with Crippen LogP contribution in [0.25, 0.3) is 0 Å². The summed E-state index contributed by atoms with van der Waals surface area (Å²) >= 11 is 0. The Morgan fingerprint density at radius 1 is 1.45 bits per heavy atom. The highest BCUT2D eigenvalue weighted by molar-refractivity contribution is 4.70. The smallest absolute Gasteiger partial charge is 0.112 e. The molecule has 0 radical (unpaired) electrons. The predicted octanol–water partition coefficient (Wildman–Crippen LogP) is 1.57. The van der Waals surface area contributed by atoms with Crippen LogP contribution in [0.5, 0.6) is 0 Å². The normalized spacial score (nSPS) is 34.6. The third-order valence-corrected chi connectivity index (χ3v) is 2.16. The van der Waals surface area contributed by atoms with E-state index < -0.39 is 0 Å². The Bertz CT molecular complexity index is 125. The molecule has 0 aromatic rings. The Kier molecular flexibility index (Phi) is 2.90. The molecule has 1 aliphatic heterocycles. The maximum Gasteiger partial charge on any atom is 0.112 e. The molecule has 1 rings (SSSR count). The lowest BCUT2D eigenvalue weighted by Crippen LogP contribution is -2.46. The first kappa shape index (κ1) is 9.01. The number of rotatable bonds is 1. The lowest BCUT2D eigenvalue weighted by molar-refractivity contribution is -0.127. The van der Waals surface area contributed by atoms with Crippen LogP contribution in [-0.4, -0.2) is 31.3 Å². The number of hydrogen-bond acceptors (Lipinski definition) is 2. The van der Waals surface area contributed by atoms with Crippen LogP contribution in [0.2, 0.25) is 0 Å². The topological polar surface area (TPSA) is 12.5 Å². The highest BCUT2D eigenvalue weighted by atomic mass is 16.5. The zero-order chi connectivity index (χ0) is 8.43. The molecular formula is C9H19NO.